The summed E-state index contributed by atoms with van der Waals surface area (Å²) in [4.78, 5) is 62.8. The third-order valence-corrected chi connectivity index (χ3v) is 13.0. The van der Waals surface area contributed by atoms with Crippen LogP contribution in [-0.2, 0) is 4.79 Å². The van der Waals surface area contributed by atoms with Crippen molar-refractivity contribution in [2.45, 2.75) is 40.5 Å². The van der Waals surface area contributed by atoms with Crippen LogP contribution >= 0.6 is 0 Å². The number of ether oxygens (including phenoxy) is 1. The lowest BCUT2D eigenvalue weighted by Crippen LogP contribution is -2.24. The molecule has 1 atom stereocenters. The Kier molecular flexibility index (Phi) is 16.3. The lowest BCUT2D eigenvalue weighted by Gasteiger charge is -2.17. The Hall–Kier alpha value is -9.13. The van der Waals surface area contributed by atoms with Crippen LogP contribution in [0.15, 0.2) is 115 Å². The number of fused-ring (bicyclic) bond motifs is 8. The Morgan fingerprint density at radius 3 is 1.83 bits per heavy atom. The van der Waals surface area contributed by atoms with Crippen molar-refractivity contribution in [1.29, 1.82) is 0 Å². The predicted molar refractivity (Wildman–Crippen MR) is 296 cm³/mol. The number of hydrogen-bond acceptors (Lipinski definition) is 13. The number of aromatic nitrogens is 2. The Bertz CT molecular complexity index is 3970. The van der Waals surface area contributed by atoms with Gasteiger partial charge in [-0.2, -0.15) is 0 Å². The number of nitrogens with one attached hydrogen (secondary N) is 2. The zero-order valence-corrected chi connectivity index (χ0v) is 43.8. The second-order valence-corrected chi connectivity index (χ2v) is 18.9. The summed E-state index contributed by atoms with van der Waals surface area (Å²) >= 11 is 0. The number of carbonyl (C=O) groups excluding carboxylic acids is 2. The molecular formula is C59H54F5N7O7. The number of anilines is 5. The number of nitrogens with two attached hydrogens (primary N) is 1. The van der Waals surface area contributed by atoms with Crippen molar-refractivity contribution in [3.63, 3.8) is 0 Å². The molecule has 19 heteroatoms. The summed E-state index contributed by atoms with van der Waals surface area (Å²) in [5.41, 5.74) is 13.4. The van der Waals surface area contributed by atoms with Gasteiger partial charge in [0, 0.05) is 91.4 Å². The fraction of sp³-hybridized carbons (Fsp3) is 0.220. The third kappa shape index (κ3) is 10.9. The van der Waals surface area contributed by atoms with Gasteiger partial charge in [0.2, 0.25) is 22.6 Å². The number of rotatable bonds is 12. The van der Waals surface area contributed by atoms with Crippen LogP contribution < -0.4 is 41.8 Å². The molecule has 402 valence electrons. The first kappa shape index (κ1) is 55.1. The minimum atomic E-state index is -2.28. The van der Waals surface area contributed by atoms with Crippen molar-refractivity contribution >= 4 is 84.4 Å². The molecule has 0 saturated carbocycles. The highest BCUT2D eigenvalue weighted by Crippen LogP contribution is 2.39. The molecule has 0 aromatic heterocycles. The van der Waals surface area contributed by atoms with E-state index in [1.54, 1.807) is 30.3 Å². The zero-order valence-electron chi connectivity index (χ0n) is 43.8. The molecule has 0 radical (unpaired) electrons. The number of benzene rings is 8. The maximum absolute atomic E-state index is 13.5. The summed E-state index contributed by atoms with van der Waals surface area (Å²) in [7, 11) is 7.81. The number of nitrogen functional groups attached to an aromatic ring is 1. The largest absolute Gasteiger partial charge is 0.493 e. The second-order valence-electron chi connectivity index (χ2n) is 18.9. The molecule has 1 unspecified atom stereocenters. The van der Waals surface area contributed by atoms with E-state index in [4.69, 9.17) is 29.3 Å². The second kappa shape index (κ2) is 23.0. The van der Waals surface area contributed by atoms with Gasteiger partial charge in [0.25, 0.3) is 0 Å². The Morgan fingerprint density at radius 2 is 1.26 bits per heavy atom. The standard InChI is InChI=1S/C29H30N4O3.C23H23N3O3.C7HF5O/c1-17-9-12-23(18(2)15-17)35-14-6-13-31-27-28(34)20-7-5-8-21(30)25(20)26-29(27)36-24-16-19(33(3)4)10-11-22(24)32-26;1-5-13(2)23(28)25-20-21(27)16-9-7-6-8-15(16)19-22(20)29-18-12-14(26(3)4)10-11-17(18)24-19;8-3-2(1-13)4(9)6(11)7(12)5(3)10/h5,7-12,15-16,31H,6,13-14,30H2,1-4H3;6-13H,5H2,1-4H3,(H,25,28);1H. The Morgan fingerprint density at radius 1 is 0.705 bits per heavy atom. The summed E-state index contributed by atoms with van der Waals surface area (Å²) in [6.45, 7) is 8.92. The van der Waals surface area contributed by atoms with E-state index in [9.17, 15) is 41.1 Å². The van der Waals surface area contributed by atoms with E-state index in [0.29, 0.717) is 104 Å². The van der Waals surface area contributed by atoms with E-state index in [1.165, 1.54) is 5.56 Å². The van der Waals surface area contributed by atoms with Crippen molar-refractivity contribution < 1.29 is 45.1 Å². The van der Waals surface area contributed by atoms with Crippen molar-refractivity contribution in [2.75, 3.05) is 67.5 Å². The smallest absolute Gasteiger partial charge is 0.227 e. The van der Waals surface area contributed by atoms with Gasteiger partial charge in [-0.05, 0) is 68.7 Å². The molecule has 14 nitrogen and oxygen atoms in total. The first-order valence-electron chi connectivity index (χ1n) is 24.7. The van der Waals surface area contributed by atoms with E-state index in [0.717, 1.165) is 22.7 Å². The lowest BCUT2D eigenvalue weighted by atomic mass is 10.0. The van der Waals surface area contributed by atoms with Gasteiger partial charge in [0.15, 0.2) is 52.2 Å². The van der Waals surface area contributed by atoms with Crippen LogP contribution in [-0.4, -0.2) is 63.5 Å². The maximum atomic E-state index is 13.5. The minimum absolute atomic E-state index is 0.147. The Balaban J connectivity index is 0.000000171. The van der Waals surface area contributed by atoms with Crippen molar-refractivity contribution in [3.05, 3.63) is 163 Å². The topological polar surface area (TPSA) is 186 Å². The average Bonchev–Trinajstić information content (AvgIpc) is 3.63. The minimum Gasteiger partial charge on any atom is -0.493 e. The SMILES string of the molecule is CCC(C)C(=O)Nc1c2oc3cc(N(C)C)ccc3nc-2c2ccccc2c1=O.Cc1ccc(OCCCNc2c3oc4cc(N(C)C)ccc4nc-3c3c(N)cccc3c2=O)c(C)c1.O=Cc1c(F)c(F)c(F)c(F)c1F. The van der Waals surface area contributed by atoms with Gasteiger partial charge in [-0.1, -0.05) is 67.9 Å². The molecule has 0 saturated heterocycles. The number of amides is 1. The number of halogens is 5. The van der Waals surface area contributed by atoms with Crippen LogP contribution in [0.3, 0.4) is 0 Å². The van der Waals surface area contributed by atoms with Crippen molar-refractivity contribution in [2.24, 2.45) is 5.92 Å². The van der Waals surface area contributed by atoms with E-state index >= 15 is 0 Å². The number of aldehydes is 1. The highest BCUT2D eigenvalue weighted by Gasteiger charge is 2.28. The fourth-order valence-corrected chi connectivity index (χ4v) is 8.51. The molecule has 0 bridgehead atoms. The number of hydrogen-bond donors (Lipinski definition) is 3. The normalized spacial score (nSPS) is 11.6. The summed E-state index contributed by atoms with van der Waals surface area (Å²) in [6, 6.07) is 30.3. The molecule has 2 aliphatic heterocycles. The highest BCUT2D eigenvalue weighted by molar-refractivity contribution is 6.08. The molecule has 4 aliphatic rings. The summed E-state index contributed by atoms with van der Waals surface area (Å²) < 4.78 is 80.2. The molecule has 4 N–H and O–H groups in total. The molecule has 78 heavy (non-hydrogen) atoms. The fourth-order valence-electron chi connectivity index (χ4n) is 8.51. The van der Waals surface area contributed by atoms with Gasteiger partial charge >= 0.3 is 0 Å². The first-order chi connectivity index (χ1) is 37.2. The van der Waals surface area contributed by atoms with Gasteiger partial charge in [-0.3, -0.25) is 19.2 Å². The number of aryl methyl sites for hydroxylation is 2. The van der Waals surface area contributed by atoms with Crippen LogP contribution in [0.2, 0.25) is 0 Å². The van der Waals surface area contributed by atoms with Crippen molar-refractivity contribution in [3.8, 4) is 28.7 Å². The summed E-state index contributed by atoms with van der Waals surface area (Å²) in [6.07, 6.45) is 0.946. The quantitative estimate of drug-likeness (QED) is 0.0153. The van der Waals surface area contributed by atoms with E-state index in [-0.39, 0.29) is 28.4 Å². The summed E-state index contributed by atoms with van der Waals surface area (Å²) in [5, 5.41) is 8.45. The molecule has 6 aromatic carbocycles. The van der Waals surface area contributed by atoms with Crippen molar-refractivity contribution in [1.82, 2.24) is 9.97 Å². The zero-order chi connectivity index (χ0) is 56.3. The number of carbonyl (C=O) groups is 2. The predicted octanol–water partition coefficient (Wildman–Crippen LogP) is 12.3. The number of nitrogens with zero attached hydrogens (tertiary/aromatic N) is 4. The molecule has 10 rings (SSSR count). The van der Waals surface area contributed by atoms with Crippen LogP contribution in [0, 0.1) is 48.9 Å². The van der Waals surface area contributed by atoms with Gasteiger partial charge in [-0.25, -0.2) is 31.9 Å². The molecule has 1 amide bonds. The third-order valence-electron chi connectivity index (χ3n) is 13.0. The monoisotopic (exact) mass is 1070 g/mol. The van der Waals surface area contributed by atoms with Gasteiger partial charge in [0.05, 0.1) is 12.2 Å². The molecule has 6 aromatic rings. The van der Waals surface area contributed by atoms with Crippen LogP contribution in [0.4, 0.5) is 50.4 Å². The molecular weight excluding hydrogens is 1010 g/mol. The van der Waals surface area contributed by atoms with Gasteiger partial charge in [0.1, 0.15) is 39.5 Å². The van der Waals surface area contributed by atoms with E-state index < -0.39 is 40.9 Å². The average molecular weight is 1070 g/mol. The van der Waals surface area contributed by atoms with Gasteiger partial charge < -0.3 is 39.7 Å². The lowest BCUT2D eigenvalue weighted by molar-refractivity contribution is -0.119. The van der Waals surface area contributed by atoms with E-state index in [1.807, 2.05) is 119 Å². The molecule has 0 fully saturated rings. The van der Waals surface area contributed by atoms with Crippen LogP contribution in [0.5, 0.6) is 5.75 Å². The van der Waals surface area contributed by atoms with Crippen LogP contribution in [0.1, 0.15) is 48.2 Å². The maximum Gasteiger partial charge on any atom is 0.227 e. The highest BCUT2D eigenvalue weighted by atomic mass is 19.2. The summed E-state index contributed by atoms with van der Waals surface area (Å²) in [5.74, 6) is -9.61. The van der Waals surface area contributed by atoms with E-state index in [2.05, 4.69) is 23.6 Å². The first-order valence-corrected chi connectivity index (χ1v) is 24.7. The van der Waals surface area contributed by atoms with Gasteiger partial charge in [-0.15, -0.1) is 0 Å². The molecule has 2 aliphatic carbocycles. The Labute approximate surface area is 443 Å². The molecule has 0 spiro atoms. The van der Waals surface area contributed by atoms with Crippen LogP contribution in [0.25, 0.3) is 66.7 Å². The molecule has 2 heterocycles.